The molecule has 6 heteroatoms. The first-order valence-electron chi connectivity index (χ1n) is 4.93. The number of carbonyl (C=O) groups is 2. The fourth-order valence-corrected chi connectivity index (χ4v) is 2.21. The molecule has 0 aliphatic carbocycles. The molecule has 1 aliphatic rings. The molecule has 1 aliphatic heterocycles. The lowest BCUT2D eigenvalue weighted by molar-refractivity contribution is 0.179. The Balaban J connectivity index is 2.12. The van der Waals surface area contributed by atoms with Crippen LogP contribution in [0, 0.1) is 0 Å². The number of rotatable bonds is 1. The van der Waals surface area contributed by atoms with Gasteiger partial charge in [-0.1, -0.05) is 0 Å². The number of nitrogens with one attached hydrogen (secondary N) is 2. The summed E-state index contributed by atoms with van der Waals surface area (Å²) < 4.78 is 0. The average molecular weight is 239 g/mol. The molecule has 1 fully saturated rings. The molecule has 0 spiro atoms. The van der Waals surface area contributed by atoms with Crippen LogP contribution in [-0.2, 0) is 0 Å². The minimum absolute atomic E-state index is 0.348. The number of nitrogens with zero attached hydrogens (tertiary/aromatic N) is 1. The molecule has 86 valence electrons. The van der Waals surface area contributed by atoms with Gasteiger partial charge in [0.2, 0.25) is 0 Å². The number of urea groups is 2. The summed E-state index contributed by atoms with van der Waals surface area (Å²) in [5.41, 5.74) is -0.488. The molecule has 1 aromatic heterocycles. The molecule has 2 rings (SSSR count). The van der Waals surface area contributed by atoms with E-state index >= 15 is 0 Å². The van der Waals surface area contributed by atoms with E-state index in [-0.39, 0.29) is 12.1 Å². The molecule has 2 N–H and O–H groups in total. The van der Waals surface area contributed by atoms with Gasteiger partial charge in [0, 0.05) is 6.54 Å². The maximum atomic E-state index is 11.9. The average Bonchev–Trinajstić information content (AvgIpc) is 2.75. The van der Waals surface area contributed by atoms with Crippen molar-refractivity contribution in [1.82, 2.24) is 10.2 Å². The van der Waals surface area contributed by atoms with E-state index in [4.69, 9.17) is 0 Å². The van der Waals surface area contributed by atoms with Crippen LogP contribution in [0.4, 0.5) is 14.6 Å². The van der Waals surface area contributed by atoms with Gasteiger partial charge in [0.25, 0.3) is 0 Å². The van der Waals surface area contributed by atoms with Crippen molar-refractivity contribution in [2.24, 2.45) is 0 Å². The molecule has 5 nitrogen and oxygen atoms in total. The van der Waals surface area contributed by atoms with Crippen LogP contribution in [0.25, 0.3) is 0 Å². The quantitative estimate of drug-likeness (QED) is 0.788. The Bertz CT molecular complexity index is 414. The van der Waals surface area contributed by atoms with Crippen LogP contribution in [-0.4, -0.2) is 29.0 Å². The van der Waals surface area contributed by atoms with E-state index in [2.05, 4.69) is 10.6 Å². The number of amides is 4. The zero-order valence-corrected chi connectivity index (χ0v) is 9.93. The fraction of sp³-hybridized carbons (Fsp3) is 0.400. The van der Waals surface area contributed by atoms with Crippen molar-refractivity contribution in [1.29, 1.82) is 0 Å². The van der Waals surface area contributed by atoms with Gasteiger partial charge in [-0.15, -0.1) is 11.3 Å². The Morgan fingerprint density at radius 1 is 1.62 bits per heavy atom. The molecule has 0 unspecified atom stereocenters. The minimum Gasteiger partial charge on any atom is -0.335 e. The summed E-state index contributed by atoms with van der Waals surface area (Å²) in [4.78, 5) is 24.6. The lowest BCUT2D eigenvalue weighted by Crippen LogP contribution is -2.48. The first-order valence-corrected chi connectivity index (χ1v) is 5.81. The molecule has 0 bridgehead atoms. The molecule has 0 saturated carbocycles. The molecule has 2 heterocycles. The molecule has 0 aromatic carbocycles. The number of hydrogen-bond donors (Lipinski definition) is 2. The fourth-order valence-electron chi connectivity index (χ4n) is 1.60. The van der Waals surface area contributed by atoms with Crippen LogP contribution < -0.4 is 10.6 Å². The smallest absolute Gasteiger partial charge is 0.331 e. The third kappa shape index (κ3) is 1.88. The molecular formula is C10H13N3O2S. The number of imide groups is 1. The van der Waals surface area contributed by atoms with Crippen LogP contribution in [0.1, 0.15) is 13.8 Å². The van der Waals surface area contributed by atoms with Gasteiger partial charge in [-0.05, 0) is 31.4 Å². The van der Waals surface area contributed by atoms with Gasteiger partial charge in [-0.25, -0.2) is 14.5 Å². The van der Waals surface area contributed by atoms with Crippen molar-refractivity contribution in [2.75, 3.05) is 11.9 Å². The third-order valence-corrected chi connectivity index (χ3v) is 3.22. The highest BCUT2D eigenvalue weighted by atomic mass is 32.1. The van der Waals surface area contributed by atoms with Crippen molar-refractivity contribution < 1.29 is 9.59 Å². The van der Waals surface area contributed by atoms with Gasteiger partial charge in [-0.3, -0.25) is 5.32 Å². The van der Waals surface area contributed by atoms with Gasteiger partial charge < -0.3 is 5.32 Å². The second-order valence-corrected chi connectivity index (χ2v) is 5.16. The van der Waals surface area contributed by atoms with E-state index in [1.54, 1.807) is 6.07 Å². The summed E-state index contributed by atoms with van der Waals surface area (Å²) in [6.45, 7) is 4.17. The highest BCUT2D eigenvalue weighted by Gasteiger charge is 2.42. The Hall–Kier alpha value is -1.56. The largest absolute Gasteiger partial charge is 0.335 e. The number of thiophene rings is 1. The van der Waals surface area contributed by atoms with E-state index < -0.39 is 5.54 Å². The molecule has 0 radical (unpaired) electrons. The molecular weight excluding hydrogens is 226 g/mol. The summed E-state index contributed by atoms with van der Waals surface area (Å²) in [5, 5.41) is 7.95. The predicted octanol–water partition coefficient (Wildman–Crippen LogP) is 2.08. The summed E-state index contributed by atoms with van der Waals surface area (Å²) in [5.74, 6) is 0. The predicted molar refractivity (Wildman–Crippen MR) is 62.7 cm³/mol. The van der Waals surface area contributed by atoms with Gasteiger partial charge in [0.05, 0.1) is 10.5 Å². The van der Waals surface area contributed by atoms with Crippen LogP contribution in [0.15, 0.2) is 17.5 Å². The van der Waals surface area contributed by atoms with E-state index in [0.717, 1.165) is 5.00 Å². The summed E-state index contributed by atoms with van der Waals surface area (Å²) in [6.07, 6.45) is 0. The Kier molecular flexibility index (Phi) is 2.59. The van der Waals surface area contributed by atoms with Crippen molar-refractivity contribution in [2.45, 2.75) is 19.4 Å². The van der Waals surface area contributed by atoms with Crippen LogP contribution in [0.3, 0.4) is 0 Å². The van der Waals surface area contributed by atoms with E-state index in [0.29, 0.717) is 6.54 Å². The Morgan fingerprint density at radius 2 is 2.38 bits per heavy atom. The number of hydrogen-bond acceptors (Lipinski definition) is 3. The maximum Gasteiger partial charge on any atom is 0.331 e. The molecule has 4 amide bonds. The molecule has 1 saturated heterocycles. The van der Waals surface area contributed by atoms with Crippen molar-refractivity contribution >= 4 is 28.4 Å². The van der Waals surface area contributed by atoms with E-state index in [9.17, 15) is 9.59 Å². The van der Waals surface area contributed by atoms with Gasteiger partial charge >= 0.3 is 12.1 Å². The minimum atomic E-state index is -0.488. The molecule has 1 aromatic rings. The second-order valence-electron chi connectivity index (χ2n) is 4.21. The van der Waals surface area contributed by atoms with Crippen LogP contribution in [0.5, 0.6) is 0 Å². The van der Waals surface area contributed by atoms with Gasteiger partial charge in [0.15, 0.2) is 0 Å². The highest BCUT2D eigenvalue weighted by molar-refractivity contribution is 7.14. The molecule has 16 heavy (non-hydrogen) atoms. The Labute approximate surface area is 97.4 Å². The SMILES string of the molecule is CC1(C)CNC(=O)N1C(=O)Nc1cccs1. The van der Waals surface area contributed by atoms with Gasteiger partial charge in [-0.2, -0.15) is 0 Å². The second kappa shape index (κ2) is 3.79. The van der Waals surface area contributed by atoms with E-state index in [1.165, 1.54) is 16.2 Å². The van der Waals surface area contributed by atoms with Crippen molar-refractivity contribution in [3.63, 3.8) is 0 Å². The zero-order valence-electron chi connectivity index (χ0n) is 9.11. The van der Waals surface area contributed by atoms with E-state index in [1.807, 2.05) is 25.3 Å². The normalized spacial score (nSPS) is 18.4. The summed E-state index contributed by atoms with van der Waals surface area (Å²) in [6, 6.07) is 2.90. The number of anilines is 1. The van der Waals surface area contributed by atoms with Gasteiger partial charge in [0.1, 0.15) is 0 Å². The van der Waals surface area contributed by atoms with Crippen molar-refractivity contribution in [3.05, 3.63) is 17.5 Å². The highest BCUT2D eigenvalue weighted by Crippen LogP contribution is 2.22. The van der Waals surface area contributed by atoms with Crippen LogP contribution in [0.2, 0.25) is 0 Å². The summed E-state index contributed by atoms with van der Waals surface area (Å²) in [7, 11) is 0. The maximum absolute atomic E-state index is 11.9. The summed E-state index contributed by atoms with van der Waals surface area (Å²) >= 11 is 1.42. The zero-order chi connectivity index (χ0) is 11.8. The first kappa shape index (κ1) is 10.9. The topological polar surface area (TPSA) is 61.4 Å². The Morgan fingerprint density at radius 3 is 2.88 bits per heavy atom. The monoisotopic (exact) mass is 239 g/mol. The lowest BCUT2D eigenvalue weighted by Gasteiger charge is -2.27. The third-order valence-electron chi connectivity index (χ3n) is 2.44. The molecule has 0 atom stereocenters. The lowest BCUT2D eigenvalue weighted by atomic mass is 10.1. The standard InChI is InChI=1S/C10H13N3O2S/c1-10(2)6-11-8(14)13(10)9(15)12-7-4-3-5-16-7/h3-5H,6H2,1-2H3,(H,11,14)(H,12,15). The van der Waals surface area contributed by atoms with Crippen molar-refractivity contribution in [3.8, 4) is 0 Å². The first-order chi connectivity index (χ1) is 7.50. The number of carbonyl (C=O) groups excluding carboxylic acids is 2. The van der Waals surface area contributed by atoms with Crippen LogP contribution >= 0.6 is 11.3 Å².